The van der Waals surface area contributed by atoms with Gasteiger partial charge in [0, 0.05) is 21.9 Å². The lowest BCUT2D eigenvalue weighted by molar-refractivity contribution is 0.460. The molecule has 270 valence electrons. The second kappa shape index (κ2) is 14.0. The Kier molecular flexibility index (Phi) is 10.7. The molecular formula is C44H52O7. The first-order valence-electron chi connectivity index (χ1n) is 17.3. The summed E-state index contributed by atoms with van der Waals surface area (Å²) in [6.45, 7) is 33.7. The van der Waals surface area contributed by atoms with Gasteiger partial charge in [0.15, 0.2) is 0 Å². The Labute approximate surface area is 299 Å². The van der Waals surface area contributed by atoms with Gasteiger partial charge < -0.3 is 18.4 Å². The number of hydrogen-bond acceptors (Lipinski definition) is 7. The standard InChI is InChI=1S/2C15H18O2.C14H16O3/c2*1-7-8(2)11(5)14-13(9(7)3)10(4)12(6)15(16)17-14;1-6-7(2)9(4)13-11(8(6)3)12(15)10(5)14(16)17-13/h2*1-6H3;15H,1-5H3. The van der Waals surface area contributed by atoms with E-state index >= 15 is 0 Å². The number of benzene rings is 3. The lowest BCUT2D eigenvalue weighted by Crippen LogP contribution is -2.08. The highest BCUT2D eigenvalue weighted by Gasteiger charge is 2.19. The summed E-state index contributed by atoms with van der Waals surface area (Å²) in [5, 5.41) is 13.0. The molecule has 0 bridgehead atoms. The third-order valence-corrected chi connectivity index (χ3v) is 11.9. The predicted molar refractivity (Wildman–Crippen MR) is 210 cm³/mol. The van der Waals surface area contributed by atoms with Crippen molar-refractivity contribution in [2.24, 2.45) is 0 Å². The lowest BCUT2D eigenvalue weighted by Gasteiger charge is -2.15. The third kappa shape index (κ3) is 6.32. The van der Waals surface area contributed by atoms with Gasteiger partial charge in [-0.25, -0.2) is 14.4 Å². The van der Waals surface area contributed by atoms with Gasteiger partial charge in [0.05, 0.1) is 10.9 Å². The molecule has 0 amide bonds. The maximum absolute atomic E-state index is 11.7. The van der Waals surface area contributed by atoms with E-state index in [9.17, 15) is 19.5 Å². The average molecular weight is 693 g/mol. The minimum atomic E-state index is -0.472. The molecule has 0 spiro atoms. The Balaban J connectivity index is 0.000000172. The lowest BCUT2D eigenvalue weighted by atomic mass is 9.92. The highest BCUT2D eigenvalue weighted by atomic mass is 16.4. The molecule has 3 heterocycles. The van der Waals surface area contributed by atoms with Crippen molar-refractivity contribution in [3.05, 3.63) is 126 Å². The highest BCUT2D eigenvalue weighted by molar-refractivity contribution is 5.92. The smallest absolute Gasteiger partial charge is 0.342 e. The maximum atomic E-state index is 11.7. The van der Waals surface area contributed by atoms with Crippen LogP contribution in [0.25, 0.3) is 32.9 Å². The van der Waals surface area contributed by atoms with E-state index in [2.05, 4.69) is 41.5 Å². The van der Waals surface area contributed by atoms with Crippen molar-refractivity contribution in [1.29, 1.82) is 0 Å². The van der Waals surface area contributed by atoms with E-state index in [1.165, 1.54) is 33.4 Å². The quantitative estimate of drug-likeness (QED) is 0.158. The van der Waals surface area contributed by atoms with Crippen molar-refractivity contribution in [2.45, 2.75) is 118 Å². The molecule has 51 heavy (non-hydrogen) atoms. The molecule has 0 saturated heterocycles. The summed E-state index contributed by atoms with van der Waals surface area (Å²) in [5.41, 5.74) is 18.5. The van der Waals surface area contributed by atoms with Crippen LogP contribution in [-0.2, 0) is 0 Å². The van der Waals surface area contributed by atoms with Crippen LogP contribution in [0.1, 0.15) is 94.6 Å². The minimum Gasteiger partial charge on any atom is -0.507 e. The van der Waals surface area contributed by atoms with E-state index in [-0.39, 0.29) is 22.6 Å². The summed E-state index contributed by atoms with van der Waals surface area (Å²) in [5.74, 6) is 0.0416. The summed E-state index contributed by atoms with van der Waals surface area (Å²) >= 11 is 0. The molecule has 0 aliphatic carbocycles. The zero-order valence-electron chi connectivity index (χ0n) is 33.4. The largest absolute Gasteiger partial charge is 0.507 e. The zero-order chi connectivity index (χ0) is 38.7. The molecule has 0 aliphatic heterocycles. The van der Waals surface area contributed by atoms with Gasteiger partial charge >= 0.3 is 16.9 Å². The normalized spacial score (nSPS) is 11.2. The summed E-state index contributed by atoms with van der Waals surface area (Å²) in [4.78, 5) is 35.1. The average Bonchev–Trinajstić information content (AvgIpc) is 3.09. The van der Waals surface area contributed by atoms with Crippen LogP contribution in [0.2, 0.25) is 0 Å². The second-order valence-electron chi connectivity index (χ2n) is 14.3. The first-order chi connectivity index (χ1) is 23.6. The fourth-order valence-electron chi connectivity index (χ4n) is 6.88. The van der Waals surface area contributed by atoms with Gasteiger partial charge in [-0.1, -0.05) is 0 Å². The van der Waals surface area contributed by atoms with Gasteiger partial charge in [0.2, 0.25) is 0 Å². The van der Waals surface area contributed by atoms with Crippen molar-refractivity contribution in [3.63, 3.8) is 0 Å². The summed E-state index contributed by atoms with van der Waals surface area (Å²) < 4.78 is 16.2. The minimum absolute atomic E-state index is 0.0416. The Morgan fingerprint density at radius 1 is 0.275 bits per heavy atom. The zero-order valence-corrected chi connectivity index (χ0v) is 33.4. The molecule has 0 fully saturated rings. The molecule has 7 heteroatoms. The number of aromatic hydroxyl groups is 1. The Bertz CT molecular complexity index is 2320. The first-order valence-corrected chi connectivity index (χ1v) is 17.3. The van der Waals surface area contributed by atoms with Crippen LogP contribution in [-0.4, -0.2) is 5.11 Å². The topological polar surface area (TPSA) is 111 Å². The number of rotatable bonds is 0. The Morgan fingerprint density at radius 3 is 0.804 bits per heavy atom. The maximum Gasteiger partial charge on any atom is 0.342 e. The monoisotopic (exact) mass is 692 g/mol. The molecule has 6 rings (SSSR count). The molecule has 3 aromatic carbocycles. The predicted octanol–water partition coefficient (Wildman–Crippen LogP) is 10.3. The molecule has 0 unspecified atom stereocenters. The van der Waals surface area contributed by atoms with Crippen LogP contribution in [0.3, 0.4) is 0 Å². The molecule has 0 saturated carbocycles. The van der Waals surface area contributed by atoms with Crippen molar-refractivity contribution >= 4 is 32.9 Å². The van der Waals surface area contributed by atoms with Gasteiger partial charge in [-0.05, 0) is 196 Å². The fraction of sp³-hybridized carbons (Fsp3) is 0.386. The SMILES string of the molecule is Cc1c(C)c(C)c2c(C)c(C)c(=O)oc2c1C.Cc1c(C)c(C)c2c(C)c(C)c(=O)oc2c1C.Cc1c(C)c(C)c2c(O)c(C)c(=O)oc2c1C. The van der Waals surface area contributed by atoms with Crippen molar-refractivity contribution in [3.8, 4) is 5.75 Å². The van der Waals surface area contributed by atoms with E-state index in [0.29, 0.717) is 22.1 Å². The summed E-state index contributed by atoms with van der Waals surface area (Å²) in [7, 11) is 0. The fourth-order valence-corrected chi connectivity index (χ4v) is 6.88. The third-order valence-electron chi connectivity index (χ3n) is 11.9. The molecule has 3 aromatic heterocycles. The molecule has 0 atom stereocenters. The van der Waals surface area contributed by atoms with Crippen LogP contribution in [0.4, 0.5) is 0 Å². The number of hydrogen-bond donors (Lipinski definition) is 1. The van der Waals surface area contributed by atoms with E-state index in [4.69, 9.17) is 13.3 Å². The highest BCUT2D eigenvalue weighted by Crippen LogP contribution is 2.35. The summed E-state index contributed by atoms with van der Waals surface area (Å²) in [6, 6.07) is 0. The molecule has 7 nitrogen and oxygen atoms in total. The van der Waals surface area contributed by atoms with Crippen LogP contribution >= 0.6 is 0 Å². The second-order valence-corrected chi connectivity index (χ2v) is 14.3. The number of aryl methyl sites for hydroxylation is 8. The van der Waals surface area contributed by atoms with Crippen molar-refractivity contribution in [2.75, 3.05) is 0 Å². The van der Waals surface area contributed by atoms with Gasteiger partial charge in [-0.15, -0.1) is 0 Å². The summed E-state index contributed by atoms with van der Waals surface area (Å²) in [6.07, 6.45) is 0. The first kappa shape index (κ1) is 38.9. The van der Waals surface area contributed by atoms with E-state index < -0.39 is 5.63 Å². The molecule has 0 radical (unpaired) electrons. The van der Waals surface area contributed by atoms with Crippen LogP contribution < -0.4 is 16.9 Å². The Hall–Kier alpha value is -4.91. The molecular weight excluding hydrogens is 640 g/mol. The molecule has 6 aromatic rings. The van der Waals surface area contributed by atoms with Gasteiger partial charge in [0.1, 0.15) is 22.5 Å². The molecule has 1 N–H and O–H groups in total. The van der Waals surface area contributed by atoms with E-state index in [1.807, 2.05) is 69.2 Å². The Morgan fingerprint density at radius 2 is 0.490 bits per heavy atom. The van der Waals surface area contributed by atoms with Crippen LogP contribution in [0.15, 0.2) is 27.6 Å². The molecule has 0 aliphatic rings. The van der Waals surface area contributed by atoms with Crippen molar-refractivity contribution < 1.29 is 18.4 Å². The number of fused-ring (bicyclic) bond motifs is 3. The van der Waals surface area contributed by atoms with Gasteiger partial charge in [-0.2, -0.15) is 0 Å². The van der Waals surface area contributed by atoms with Crippen LogP contribution in [0, 0.1) is 118 Å². The van der Waals surface area contributed by atoms with E-state index in [1.54, 1.807) is 6.92 Å². The van der Waals surface area contributed by atoms with Gasteiger partial charge in [-0.3, -0.25) is 0 Å². The van der Waals surface area contributed by atoms with Crippen molar-refractivity contribution in [1.82, 2.24) is 0 Å². The van der Waals surface area contributed by atoms with E-state index in [0.717, 1.165) is 66.4 Å². The van der Waals surface area contributed by atoms with Gasteiger partial charge in [0.25, 0.3) is 0 Å². The van der Waals surface area contributed by atoms with Crippen LogP contribution in [0.5, 0.6) is 5.75 Å².